The molecule has 1 fully saturated rings. The van der Waals surface area contributed by atoms with Crippen molar-refractivity contribution in [3.63, 3.8) is 0 Å². The lowest BCUT2D eigenvalue weighted by Gasteiger charge is -2.26. The van der Waals surface area contributed by atoms with Gasteiger partial charge in [0.1, 0.15) is 23.3 Å². The van der Waals surface area contributed by atoms with Crippen LogP contribution in [0.5, 0.6) is 17.2 Å². The maximum atomic E-state index is 13.6. The van der Waals surface area contributed by atoms with Gasteiger partial charge in [0.15, 0.2) is 6.61 Å². The number of amides is 2. The Labute approximate surface area is 191 Å². The molecule has 0 aliphatic carbocycles. The molecular weight excluding hydrogens is 450 g/mol. The number of benzene rings is 2. The number of ether oxygens (including phenoxy) is 3. The van der Waals surface area contributed by atoms with E-state index in [1.54, 1.807) is 31.2 Å². The SMILES string of the molecule is COc1ccc(OC)c(NC(=O)[C@H]2CCCN2S(=O)(=O)c2cc3c(cc2C)NC(=O)CO3)c1. The van der Waals surface area contributed by atoms with E-state index in [0.717, 1.165) is 0 Å². The molecule has 10 nitrogen and oxygen atoms in total. The number of hydrogen-bond acceptors (Lipinski definition) is 7. The lowest BCUT2D eigenvalue weighted by Crippen LogP contribution is -2.43. The summed E-state index contributed by atoms with van der Waals surface area (Å²) in [6.45, 7) is 1.66. The minimum absolute atomic E-state index is 0.0380. The van der Waals surface area contributed by atoms with Gasteiger partial charge in [0.05, 0.1) is 30.5 Å². The topological polar surface area (TPSA) is 123 Å². The zero-order chi connectivity index (χ0) is 23.8. The average Bonchev–Trinajstić information content (AvgIpc) is 3.29. The molecule has 11 heteroatoms. The third kappa shape index (κ3) is 4.33. The van der Waals surface area contributed by atoms with E-state index >= 15 is 0 Å². The molecule has 0 unspecified atom stereocenters. The van der Waals surface area contributed by atoms with Crippen LogP contribution in [0.3, 0.4) is 0 Å². The van der Waals surface area contributed by atoms with Crippen LogP contribution in [-0.2, 0) is 19.6 Å². The predicted octanol–water partition coefficient (Wildman–Crippen LogP) is 2.13. The number of rotatable bonds is 6. The Balaban J connectivity index is 1.62. The molecule has 0 saturated carbocycles. The van der Waals surface area contributed by atoms with Crippen molar-refractivity contribution in [1.29, 1.82) is 0 Å². The van der Waals surface area contributed by atoms with Crippen LogP contribution in [0.15, 0.2) is 35.2 Å². The number of carbonyl (C=O) groups excluding carboxylic acids is 2. The summed E-state index contributed by atoms with van der Waals surface area (Å²) in [6.07, 6.45) is 0.928. The Morgan fingerprint density at radius 1 is 1.21 bits per heavy atom. The van der Waals surface area contributed by atoms with Crippen LogP contribution < -0.4 is 24.8 Å². The van der Waals surface area contributed by atoms with Crippen molar-refractivity contribution < 1.29 is 32.2 Å². The smallest absolute Gasteiger partial charge is 0.262 e. The number of aryl methyl sites for hydroxylation is 1. The van der Waals surface area contributed by atoms with E-state index in [1.165, 1.54) is 24.6 Å². The van der Waals surface area contributed by atoms with Gasteiger partial charge >= 0.3 is 0 Å². The van der Waals surface area contributed by atoms with Crippen LogP contribution in [0.1, 0.15) is 18.4 Å². The van der Waals surface area contributed by atoms with Crippen LogP contribution in [-0.4, -0.2) is 58.0 Å². The second-order valence-corrected chi connectivity index (χ2v) is 9.64. The number of nitrogens with one attached hydrogen (secondary N) is 2. The molecule has 2 aromatic rings. The molecule has 0 spiro atoms. The number of nitrogens with zero attached hydrogens (tertiary/aromatic N) is 1. The zero-order valence-corrected chi connectivity index (χ0v) is 19.3. The number of anilines is 2. The fraction of sp³-hybridized carbons (Fsp3) is 0.364. The standard InChI is InChI=1S/C22H25N3O7S/c1-13-9-15-19(32-12-21(26)23-15)11-20(13)33(28,29)25-8-4-5-17(25)22(27)24-16-10-14(30-2)6-7-18(16)31-3/h6-7,9-11,17H,4-5,8,12H2,1-3H3,(H,23,26)(H,24,27)/t17-/m1/s1. The van der Waals surface area contributed by atoms with E-state index in [0.29, 0.717) is 41.3 Å². The Kier molecular flexibility index (Phi) is 6.17. The molecule has 0 aromatic heterocycles. The lowest BCUT2D eigenvalue weighted by atomic mass is 10.2. The third-order valence-electron chi connectivity index (χ3n) is 5.67. The van der Waals surface area contributed by atoms with Crippen LogP contribution in [0.2, 0.25) is 0 Å². The number of fused-ring (bicyclic) bond motifs is 1. The molecule has 33 heavy (non-hydrogen) atoms. The number of sulfonamides is 1. The molecule has 1 atom stereocenters. The largest absolute Gasteiger partial charge is 0.497 e. The summed E-state index contributed by atoms with van der Waals surface area (Å²) in [7, 11) is -1.02. The third-order valence-corrected chi connectivity index (χ3v) is 7.72. The Hall–Kier alpha value is -3.31. The number of carbonyl (C=O) groups is 2. The Morgan fingerprint density at radius 3 is 2.73 bits per heavy atom. The summed E-state index contributed by atoms with van der Waals surface area (Å²) in [5, 5.41) is 5.44. The normalized spacial score (nSPS) is 18.2. The molecule has 0 radical (unpaired) electrons. The highest BCUT2D eigenvalue weighted by atomic mass is 32.2. The van der Waals surface area contributed by atoms with Gasteiger partial charge in [-0.25, -0.2) is 8.42 Å². The summed E-state index contributed by atoms with van der Waals surface area (Å²) in [4.78, 5) is 24.7. The van der Waals surface area contributed by atoms with Crippen molar-refractivity contribution in [2.45, 2.75) is 30.7 Å². The summed E-state index contributed by atoms with van der Waals surface area (Å²) < 4.78 is 44.2. The molecule has 2 aliphatic rings. The minimum atomic E-state index is -4.01. The molecule has 1 saturated heterocycles. The lowest BCUT2D eigenvalue weighted by molar-refractivity contribution is -0.119. The maximum Gasteiger partial charge on any atom is 0.262 e. The molecule has 2 heterocycles. The highest BCUT2D eigenvalue weighted by Crippen LogP contribution is 2.36. The van der Waals surface area contributed by atoms with E-state index in [1.807, 2.05) is 0 Å². The van der Waals surface area contributed by atoms with Gasteiger partial charge in [-0.05, 0) is 43.5 Å². The van der Waals surface area contributed by atoms with E-state index in [2.05, 4.69) is 10.6 Å². The van der Waals surface area contributed by atoms with Gasteiger partial charge < -0.3 is 24.8 Å². The molecule has 2 amide bonds. The highest BCUT2D eigenvalue weighted by molar-refractivity contribution is 7.89. The quantitative estimate of drug-likeness (QED) is 0.656. The van der Waals surface area contributed by atoms with Crippen molar-refractivity contribution in [1.82, 2.24) is 4.31 Å². The van der Waals surface area contributed by atoms with Gasteiger partial charge in [0.25, 0.3) is 5.91 Å². The summed E-state index contributed by atoms with van der Waals surface area (Å²) >= 11 is 0. The fourth-order valence-electron chi connectivity index (χ4n) is 4.04. The van der Waals surface area contributed by atoms with Crippen LogP contribution in [0, 0.1) is 6.92 Å². The first-order valence-electron chi connectivity index (χ1n) is 10.4. The Morgan fingerprint density at radius 2 is 2.00 bits per heavy atom. The fourth-order valence-corrected chi connectivity index (χ4v) is 5.92. The van der Waals surface area contributed by atoms with E-state index in [9.17, 15) is 18.0 Å². The maximum absolute atomic E-state index is 13.6. The van der Waals surface area contributed by atoms with Crippen LogP contribution >= 0.6 is 0 Å². The van der Waals surface area contributed by atoms with E-state index < -0.39 is 22.0 Å². The molecule has 4 rings (SSSR count). The van der Waals surface area contributed by atoms with Crippen LogP contribution in [0.4, 0.5) is 11.4 Å². The highest BCUT2D eigenvalue weighted by Gasteiger charge is 2.40. The van der Waals surface area contributed by atoms with Gasteiger partial charge in [-0.15, -0.1) is 0 Å². The number of hydrogen-bond donors (Lipinski definition) is 2. The Bertz CT molecular complexity index is 1210. The minimum Gasteiger partial charge on any atom is -0.497 e. The molecular formula is C22H25N3O7S. The summed E-state index contributed by atoms with van der Waals surface area (Å²) in [6, 6.07) is 7.05. The van der Waals surface area contributed by atoms with Gasteiger partial charge in [0.2, 0.25) is 15.9 Å². The first-order chi connectivity index (χ1) is 15.7. The number of methoxy groups -OCH3 is 2. The zero-order valence-electron chi connectivity index (χ0n) is 18.5. The average molecular weight is 476 g/mol. The molecule has 0 bridgehead atoms. The van der Waals surface area contributed by atoms with Crippen molar-refractivity contribution >= 4 is 33.2 Å². The first kappa shape index (κ1) is 22.9. The summed E-state index contributed by atoms with van der Waals surface area (Å²) in [5.74, 6) is 0.476. The molecule has 2 N–H and O–H groups in total. The second kappa shape index (κ2) is 8.91. The molecule has 2 aliphatic heterocycles. The second-order valence-electron chi connectivity index (χ2n) is 7.78. The monoisotopic (exact) mass is 475 g/mol. The van der Waals surface area contributed by atoms with Crippen molar-refractivity contribution in [2.75, 3.05) is 38.0 Å². The van der Waals surface area contributed by atoms with Crippen molar-refractivity contribution in [3.05, 3.63) is 35.9 Å². The van der Waals surface area contributed by atoms with Crippen molar-refractivity contribution in [3.8, 4) is 17.2 Å². The van der Waals surface area contributed by atoms with Gasteiger partial charge in [-0.2, -0.15) is 4.31 Å². The van der Waals surface area contributed by atoms with E-state index in [-0.39, 0.29) is 29.7 Å². The van der Waals surface area contributed by atoms with Crippen molar-refractivity contribution in [2.24, 2.45) is 0 Å². The molecule has 176 valence electrons. The first-order valence-corrected chi connectivity index (χ1v) is 11.8. The molecule has 2 aromatic carbocycles. The van der Waals surface area contributed by atoms with Gasteiger partial charge in [-0.1, -0.05) is 0 Å². The van der Waals surface area contributed by atoms with E-state index in [4.69, 9.17) is 14.2 Å². The predicted molar refractivity (Wildman–Crippen MR) is 120 cm³/mol. The van der Waals surface area contributed by atoms with Crippen LogP contribution in [0.25, 0.3) is 0 Å². The van der Waals surface area contributed by atoms with Gasteiger partial charge in [0, 0.05) is 18.7 Å². The summed E-state index contributed by atoms with van der Waals surface area (Å²) in [5.41, 5.74) is 1.25. The van der Waals surface area contributed by atoms with Gasteiger partial charge in [-0.3, -0.25) is 9.59 Å².